The van der Waals surface area contributed by atoms with Gasteiger partial charge in [0.2, 0.25) is 0 Å². The zero-order valence-corrected chi connectivity index (χ0v) is 16.0. The predicted octanol–water partition coefficient (Wildman–Crippen LogP) is 3.99. The van der Waals surface area contributed by atoms with Gasteiger partial charge in [-0.25, -0.2) is 4.68 Å². The molecule has 3 rings (SSSR count). The van der Waals surface area contributed by atoms with E-state index >= 15 is 0 Å². The van der Waals surface area contributed by atoms with Gasteiger partial charge in [-0.3, -0.25) is 9.59 Å². The molecule has 0 saturated carbocycles. The van der Waals surface area contributed by atoms with E-state index in [9.17, 15) is 22.8 Å². The number of nitrogens with zero attached hydrogens (tertiary/aromatic N) is 2. The van der Waals surface area contributed by atoms with Crippen molar-refractivity contribution in [2.75, 3.05) is 7.11 Å². The Bertz CT molecular complexity index is 982. The van der Waals surface area contributed by atoms with E-state index < -0.39 is 29.8 Å². The lowest BCUT2D eigenvalue weighted by atomic mass is 10.1. The van der Waals surface area contributed by atoms with E-state index in [-0.39, 0.29) is 6.42 Å². The van der Waals surface area contributed by atoms with Crippen molar-refractivity contribution in [3.05, 3.63) is 70.2 Å². The third-order valence-electron chi connectivity index (χ3n) is 4.06. The quantitative estimate of drug-likeness (QED) is 0.609. The van der Waals surface area contributed by atoms with Gasteiger partial charge >= 0.3 is 12.1 Å². The first-order valence-electron chi connectivity index (χ1n) is 8.42. The zero-order valence-electron chi connectivity index (χ0n) is 15.1. The number of alkyl halides is 3. The van der Waals surface area contributed by atoms with E-state index in [2.05, 4.69) is 15.2 Å². The molecule has 3 aromatic rings. The van der Waals surface area contributed by atoms with E-state index in [1.165, 1.54) is 48.9 Å². The summed E-state index contributed by atoms with van der Waals surface area (Å²) in [7, 11) is 1.27. The fourth-order valence-electron chi connectivity index (χ4n) is 2.59. The van der Waals surface area contributed by atoms with Crippen LogP contribution in [0.1, 0.15) is 33.4 Å². The van der Waals surface area contributed by atoms with Gasteiger partial charge in [-0.15, -0.1) is 11.3 Å². The summed E-state index contributed by atoms with van der Waals surface area (Å²) < 4.78 is 43.8. The van der Waals surface area contributed by atoms with Crippen LogP contribution in [0.4, 0.5) is 13.2 Å². The summed E-state index contributed by atoms with van der Waals surface area (Å²) in [6, 6.07) is 9.87. The summed E-state index contributed by atoms with van der Waals surface area (Å²) in [5, 5.41) is 8.11. The van der Waals surface area contributed by atoms with Crippen molar-refractivity contribution < 1.29 is 27.5 Å². The molecule has 152 valence electrons. The largest absolute Gasteiger partial charge is 0.469 e. The van der Waals surface area contributed by atoms with Crippen LogP contribution in [0.5, 0.6) is 0 Å². The van der Waals surface area contributed by atoms with Crippen molar-refractivity contribution in [1.82, 2.24) is 15.1 Å². The summed E-state index contributed by atoms with van der Waals surface area (Å²) in [5.41, 5.74) is -0.328. The number of benzene rings is 1. The van der Waals surface area contributed by atoms with Gasteiger partial charge in [0.25, 0.3) is 5.91 Å². The predicted molar refractivity (Wildman–Crippen MR) is 99.7 cm³/mol. The normalized spacial score (nSPS) is 12.4. The minimum Gasteiger partial charge on any atom is -0.469 e. The fraction of sp³-hybridized carbons (Fsp3) is 0.211. The highest BCUT2D eigenvalue weighted by Gasteiger charge is 2.33. The molecule has 0 spiro atoms. The molecule has 6 nitrogen and oxygen atoms in total. The van der Waals surface area contributed by atoms with Gasteiger partial charge < -0.3 is 10.1 Å². The Morgan fingerprint density at radius 3 is 2.48 bits per heavy atom. The third kappa shape index (κ3) is 5.02. The molecule has 29 heavy (non-hydrogen) atoms. The second kappa shape index (κ2) is 8.48. The number of carbonyl (C=O) groups is 2. The SMILES string of the molecule is COC(=O)CC(NC(=O)c1ccc(-n2ccc(C(F)(F)F)n2)cc1)c1cccs1. The number of aromatic nitrogens is 2. The van der Waals surface area contributed by atoms with Crippen molar-refractivity contribution in [2.24, 2.45) is 0 Å². The van der Waals surface area contributed by atoms with Gasteiger partial charge in [0.05, 0.1) is 25.3 Å². The van der Waals surface area contributed by atoms with E-state index in [1.807, 2.05) is 11.4 Å². The second-order valence-corrected chi connectivity index (χ2v) is 6.99. The van der Waals surface area contributed by atoms with Crippen molar-refractivity contribution in [1.29, 1.82) is 0 Å². The molecule has 1 atom stereocenters. The number of amides is 1. The molecule has 2 heterocycles. The molecule has 0 aliphatic carbocycles. The van der Waals surface area contributed by atoms with E-state index in [0.717, 1.165) is 15.6 Å². The monoisotopic (exact) mass is 423 g/mol. The molecule has 0 fully saturated rings. The van der Waals surface area contributed by atoms with Crippen LogP contribution in [-0.4, -0.2) is 28.8 Å². The summed E-state index contributed by atoms with van der Waals surface area (Å²) in [5.74, 6) is -0.881. The molecule has 0 bridgehead atoms. The van der Waals surface area contributed by atoms with Crippen molar-refractivity contribution in [3.63, 3.8) is 0 Å². The van der Waals surface area contributed by atoms with Crippen LogP contribution in [0.25, 0.3) is 5.69 Å². The van der Waals surface area contributed by atoms with E-state index in [0.29, 0.717) is 11.3 Å². The minimum atomic E-state index is -4.53. The Morgan fingerprint density at radius 1 is 1.21 bits per heavy atom. The lowest BCUT2D eigenvalue weighted by Crippen LogP contribution is -2.30. The Morgan fingerprint density at radius 2 is 1.93 bits per heavy atom. The molecule has 0 aliphatic heterocycles. The number of ether oxygens (including phenoxy) is 1. The summed E-state index contributed by atoms with van der Waals surface area (Å²) in [6.07, 6.45) is -3.35. The van der Waals surface area contributed by atoms with E-state index in [4.69, 9.17) is 0 Å². The molecule has 10 heteroatoms. The van der Waals surface area contributed by atoms with Crippen molar-refractivity contribution >= 4 is 23.2 Å². The number of thiophene rings is 1. The summed E-state index contributed by atoms with van der Waals surface area (Å²) in [4.78, 5) is 25.0. The number of rotatable bonds is 6. The highest BCUT2D eigenvalue weighted by atomic mass is 32.1. The second-order valence-electron chi connectivity index (χ2n) is 6.01. The number of methoxy groups -OCH3 is 1. The molecule has 1 aromatic carbocycles. The van der Waals surface area contributed by atoms with Crippen LogP contribution < -0.4 is 5.32 Å². The number of halogens is 3. The van der Waals surface area contributed by atoms with Gasteiger partial charge in [-0.05, 0) is 41.8 Å². The summed E-state index contributed by atoms with van der Waals surface area (Å²) in [6.45, 7) is 0. The lowest BCUT2D eigenvalue weighted by molar-refractivity contribution is -0.142. The highest BCUT2D eigenvalue weighted by Crippen LogP contribution is 2.28. The fourth-order valence-corrected chi connectivity index (χ4v) is 3.37. The molecular formula is C19H16F3N3O3S. The van der Waals surface area contributed by atoms with Gasteiger partial charge in [-0.1, -0.05) is 6.07 Å². The molecule has 1 N–H and O–H groups in total. The third-order valence-corrected chi connectivity index (χ3v) is 5.05. The number of carbonyl (C=O) groups excluding carboxylic acids is 2. The zero-order chi connectivity index (χ0) is 21.0. The van der Waals surface area contributed by atoms with Crippen molar-refractivity contribution in [3.8, 4) is 5.69 Å². The molecule has 1 unspecified atom stereocenters. The lowest BCUT2D eigenvalue weighted by Gasteiger charge is -2.16. The first kappa shape index (κ1) is 20.6. The Hall–Kier alpha value is -3.14. The Balaban J connectivity index is 1.74. The van der Waals surface area contributed by atoms with Gasteiger partial charge in [0.15, 0.2) is 5.69 Å². The maximum atomic E-state index is 12.7. The standard InChI is InChI=1S/C19H16F3N3O3S/c1-28-17(26)11-14(15-3-2-10-29-15)23-18(27)12-4-6-13(7-5-12)25-9-8-16(24-25)19(20,21)22/h2-10,14H,11H2,1H3,(H,23,27). The maximum absolute atomic E-state index is 12.7. The van der Waals surface area contributed by atoms with Crippen LogP contribution in [0, 0.1) is 0 Å². The van der Waals surface area contributed by atoms with Crippen LogP contribution in [-0.2, 0) is 15.7 Å². The Labute approximate surface area is 167 Å². The molecule has 0 aliphatic rings. The topological polar surface area (TPSA) is 73.2 Å². The number of hydrogen-bond donors (Lipinski definition) is 1. The molecule has 1 amide bonds. The maximum Gasteiger partial charge on any atom is 0.435 e. The molecular weight excluding hydrogens is 407 g/mol. The minimum absolute atomic E-state index is 0.0195. The number of nitrogens with one attached hydrogen (secondary N) is 1. The number of esters is 1. The first-order valence-corrected chi connectivity index (χ1v) is 9.30. The van der Waals surface area contributed by atoms with E-state index in [1.54, 1.807) is 6.07 Å². The summed E-state index contributed by atoms with van der Waals surface area (Å²) >= 11 is 1.40. The van der Waals surface area contributed by atoms with Crippen LogP contribution in [0.3, 0.4) is 0 Å². The Kier molecular flexibility index (Phi) is 6.02. The first-order chi connectivity index (χ1) is 13.8. The van der Waals surface area contributed by atoms with Gasteiger partial charge in [0, 0.05) is 16.6 Å². The smallest absolute Gasteiger partial charge is 0.435 e. The van der Waals surface area contributed by atoms with Gasteiger partial charge in [-0.2, -0.15) is 18.3 Å². The van der Waals surface area contributed by atoms with Crippen LogP contribution in [0.15, 0.2) is 54.0 Å². The average Bonchev–Trinajstić information content (AvgIpc) is 3.39. The van der Waals surface area contributed by atoms with Crippen molar-refractivity contribution in [2.45, 2.75) is 18.6 Å². The molecule has 0 radical (unpaired) electrons. The van der Waals surface area contributed by atoms with Gasteiger partial charge in [0.1, 0.15) is 0 Å². The van der Waals surface area contributed by atoms with Crippen LogP contribution >= 0.6 is 11.3 Å². The highest BCUT2D eigenvalue weighted by molar-refractivity contribution is 7.10. The number of hydrogen-bond acceptors (Lipinski definition) is 5. The molecule has 0 saturated heterocycles. The van der Waals surface area contributed by atoms with Crippen LogP contribution in [0.2, 0.25) is 0 Å². The average molecular weight is 423 g/mol. The molecule has 2 aromatic heterocycles.